The molecule has 0 amide bonds. The van der Waals surface area contributed by atoms with Crippen LogP contribution in [0.5, 0.6) is 0 Å². The molecular formula is C13H25NS. The van der Waals surface area contributed by atoms with Gasteiger partial charge in [-0.2, -0.15) is 11.8 Å². The molecule has 2 aliphatic carbocycles. The zero-order chi connectivity index (χ0) is 10.7. The summed E-state index contributed by atoms with van der Waals surface area (Å²) in [6.07, 6.45) is 7.55. The molecule has 88 valence electrons. The second-order valence-corrected chi connectivity index (χ2v) is 6.81. The van der Waals surface area contributed by atoms with Crippen LogP contribution in [0.15, 0.2) is 0 Å². The lowest BCUT2D eigenvalue weighted by Gasteiger charge is -2.38. The zero-order valence-electron chi connectivity index (χ0n) is 10.2. The highest BCUT2D eigenvalue weighted by Gasteiger charge is 2.49. The van der Waals surface area contributed by atoms with Gasteiger partial charge in [0.15, 0.2) is 0 Å². The van der Waals surface area contributed by atoms with Gasteiger partial charge >= 0.3 is 0 Å². The van der Waals surface area contributed by atoms with Crippen molar-refractivity contribution in [2.45, 2.75) is 39.0 Å². The van der Waals surface area contributed by atoms with Crippen LogP contribution in [0.4, 0.5) is 0 Å². The summed E-state index contributed by atoms with van der Waals surface area (Å²) in [5.41, 5.74) is 0.680. The van der Waals surface area contributed by atoms with Gasteiger partial charge in [-0.25, -0.2) is 0 Å². The molecule has 3 atom stereocenters. The van der Waals surface area contributed by atoms with Crippen LogP contribution >= 0.6 is 11.8 Å². The van der Waals surface area contributed by atoms with Crippen molar-refractivity contribution in [2.24, 2.45) is 17.3 Å². The van der Waals surface area contributed by atoms with Crippen molar-refractivity contribution < 1.29 is 0 Å². The molecule has 0 heterocycles. The van der Waals surface area contributed by atoms with Gasteiger partial charge in [-0.05, 0) is 61.5 Å². The first-order valence-corrected chi connectivity index (χ1v) is 7.68. The Balaban J connectivity index is 1.92. The van der Waals surface area contributed by atoms with Gasteiger partial charge in [-0.1, -0.05) is 13.3 Å². The third-order valence-electron chi connectivity index (χ3n) is 4.58. The molecule has 0 saturated heterocycles. The van der Waals surface area contributed by atoms with E-state index < -0.39 is 0 Å². The fourth-order valence-corrected chi connectivity index (χ4v) is 4.78. The second-order valence-electron chi connectivity index (χ2n) is 5.42. The van der Waals surface area contributed by atoms with Crippen molar-refractivity contribution in [1.29, 1.82) is 0 Å². The van der Waals surface area contributed by atoms with Crippen molar-refractivity contribution in [2.75, 3.05) is 25.1 Å². The zero-order valence-corrected chi connectivity index (χ0v) is 11.0. The number of fused-ring (bicyclic) bond motifs is 2. The molecule has 2 aliphatic rings. The lowest BCUT2D eigenvalue weighted by atomic mass is 9.71. The van der Waals surface area contributed by atoms with Crippen LogP contribution in [0.3, 0.4) is 0 Å². The Morgan fingerprint density at radius 1 is 1.40 bits per heavy atom. The molecule has 15 heavy (non-hydrogen) atoms. The van der Waals surface area contributed by atoms with Crippen LogP contribution in [-0.2, 0) is 0 Å². The first-order valence-electron chi connectivity index (χ1n) is 6.53. The predicted molar refractivity (Wildman–Crippen MR) is 69.4 cm³/mol. The van der Waals surface area contributed by atoms with Gasteiger partial charge in [0.1, 0.15) is 0 Å². The third-order valence-corrected chi connectivity index (χ3v) is 5.48. The maximum Gasteiger partial charge on any atom is 0.000786 e. The minimum atomic E-state index is 0.680. The van der Waals surface area contributed by atoms with Gasteiger partial charge in [0.25, 0.3) is 0 Å². The average molecular weight is 227 g/mol. The Hall–Kier alpha value is 0.310. The summed E-state index contributed by atoms with van der Waals surface area (Å²) in [6.45, 7) is 3.54. The van der Waals surface area contributed by atoms with E-state index in [0.29, 0.717) is 5.41 Å². The van der Waals surface area contributed by atoms with E-state index in [2.05, 4.69) is 31.1 Å². The summed E-state index contributed by atoms with van der Waals surface area (Å²) in [7, 11) is 2.13. The third kappa shape index (κ3) is 2.36. The fraction of sp³-hybridized carbons (Fsp3) is 1.00. The fourth-order valence-electron chi connectivity index (χ4n) is 3.94. The van der Waals surface area contributed by atoms with E-state index in [1.807, 2.05) is 0 Å². The molecule has 0 spiro atoms. The Morgan fingerprint density at radius 2 is 2.27 bits per heavy atom. The summed E-state index contributed by atoms with van der Waals surface area (Å²) in [5, 5.41) is 3.45. The topological polar surface area (TPSA) is 12.0 Å². The summed E-state index contributed by atoms with van der Waals surface area (Å²) >= 11 is 2.12. The van der Waals surface area contributed by atoms with E-state index in [4.69, 9.17) is 0 Å². The monoisotopic (exact) mass is 227 g/mol. The number of hydrogen-bond acceptors (Lipinski definition) is 2. The number of hydrogen-bond donors (Lipinski definition) is 1. The molecule has 2 heteroatoms. The molecule has 2 bridgehead atoms. The highest BCUT2D eigenvalue weighted by atomic mass is 32.2. The Kier molecular flexibility index (Phi) is 4.00. The van der Waals surface area contributed by atoms with Crippen LogP contribution in [0.25, 0.3) is 0 Å². The van der Waals surface area contributed by atoms with Gasteiger partial charge < -0.3 is 5.32 Å². The van der Waals surface area contributed by atoms with Crippen LogP contribution in [0.1, 0.15) is 39.0 Å². The number of thioether (sulfide) groups is 1. The van der Waals surface area contributed by atoms with Crippen LogP contribution in [0.2, 0.25) is 0 Å². The Labute approximate surface area is 98.8 Å². The van der Waals surface area contributed by atoms with Crippen molar-refractivity contribution in [3.8, 4) is 0 Å². The minimum Gasteiger partial charge on any atom is -0.319 e. The van der Waals surface area contributed by atoms with Crippen molar-refractivity contribution in [1.82, 2.24) is 5.32 Å². The maximum atomic E-state index is 3.45. The summed E-state index contributed by atoms with van der Waals surface area (Å²) in [6, 6.07) is 0. The molecule has 0 aromatic carbocycles. The van der Waals surface area contributed by atoms with Gasteiger partial charge in [0.05, 0.1) is 0 Å². The normalized spacial score (nSPS) is 38.8. The molecule has 2 fully saturated rings. The molecule has 0 aliphatic heterocycles. The largest absolute Gasteiger partial charge is 0.319 e. The smallest absolute Gasteiger partial charge is 0.000786 e. The first kappa shape index (κ1) is 11.8. The molecule has 2 saturated carbocycles. The summed E-state index contributed by atoms with van der Waals surface area (Å²) in [5.74, 6) is 4.79. The lowest BCUT2D eigenvalue weighted by molar-refractivity contribution is 0.155. The number of nitrogens with one attached hydrogen (secondary N) is 1. The molecule has 2 rings (SSSR count). The van der Waals surface area contributed by atoms with Crippen molar-refractivity contribution in [3.63, 3.8) is 0 Å². The summed E-state index contributed by atoms with van der Waals surface area (Å²) in [4.78, 5) is 0. The van der Waals surface area contributed by atoms with Crippen LogP contribution in [0, 0.1) is 17.3 Å². The maximum absolute atomic E-state index is 3.45. The molecular weight excluding hydrogens is 202 g/mol. The highest BCUT2D eigenvalue weighted by molar-refractivity contribution is 7.99. The standard InChI is InChI=1S/C13H25NS/c1-3-15-7-6-13(10-14-2)9-11-4-5-12(13)8-11/h11-12,14H,3-10H2,1-2H3. The van der Waals surface area contributed by atoms with E-state index in [0.717, 1.165) is 11.8 Å². The van der Waals surface area contributed by atoms with Gasteiger partial charge in [-0.15, -0.1) is 0 Å². The molecule has 0 aromatic rings. The van der Waals surface area contributed by atoms with E-state index in [-0.39, 0.29) is 0 Å². The Bertz CT molecular complexity index is 207. The summed E-state index contributed by atoms with van der Waals surface area (Å²) < 4.78 is 0. The van der Waals surface area contributed by atoms with Crippen molar-refractivity contribution in [3.05, 3.63) is 0 Å². The van der Waals surface area contributed by atoms with E-state index in [1.165, 1.54) is 43.7 Å². The van der Waals surface area contributed by atoms with Crippen LogP contribution < -0.4 is 5.32 Å². The van der Waals surface area contributed by atoms with E-state index in [1.54, 1.807) is 6.42 Å². The first-order chi connectivity index (χ1) is 7.30. The molecule has 1 nitrogen and oxygen atoms in total. The van der Waals surface area contributed by atoms with Crippen molar-refractivity contribution >= 4 is 11.8 Å². The van der Waals surface area contributed by atoms with Crippen LogP contribution in [-0.4, -0.2) is 25.1 Å². The molecule has 0 radical (unpaired) electrons. The second kappa shape index (κ2) is 5.09. The Morgan fingerprint density at radius 3 is 2.80 bits per heavy atom. The minimum absolute atomic E-state index is 0.680. The molecule has 3 unspecified atom stereocenters. The predicted octanol–water partition coefficient (Wildman–Crippen LogP) is 3.16. The SMILES string of the molecule is CCSCCC1(CNC)CC2CCC1C2. The van der Waals surface area contributed by atoms with Gasteiger partial charge in [0.2, 0.25) is 0 Å². The quantitative estimate of drug-likeness (QED) is 0.700. The average Bonchev–Trinajstić information content (AvgIpc) is 2.79. The lowest BCUT2D eigenvalue weighted by Crippen LogP contribution is -2.38. The molecule has 0 aromatic heterocycles. The van der Waals surface area contributed by atoms with E-state index in [9.17, 15) is 0 Å². The number of rotatable bonds is 6. The van der Waals surface area contributed by atoms with Gasteiger partial charge in [0, 0.05) is 6.54 Å². The molecule has 1 N–H and O–H groups in total. The highest BCUT2D eigenvalue weighted by Crippen LogP contribution is 2.57. The van der Waals surface area contributed by atoms with E-state index >= 15 is 0 Å². The van der Waals surface area contributed by atoms with Gasteiger partial charge in [-0.3, -0.25) is 0 Å².